The number of hydrogen-bond acceptors (Lipinski definition) is 6. The third-order valence-corrected chi connectivity index (χ3v) is 7.64. The molecule has 6 rings (SSSR count). The lowest BCUT2D eigenvalue weighted by Gasteiger charge is -2.34. The van der Waals surface area contributed by atoms with Gasteiger partial charge in [-0.3, -0.25) is 0 Å². The number of anilines is 1. The van der Waals surface area contributed by atoms with Gasteiger partial charge in [-0.15, -0.1) is 0 Å². The Bertz CT molecular complexity index is 1280. The highest BCUT2D eigenvalue weighted by atomic mass is 32.1. The van der Waals surface area contributed by atoms with Crippen LogP contribution >= 0.6 is 11.3 Å². The summed E-state index contributed by atoms with van der Waals surface area (Å²) in [4.78, 5) is 11.8. The zero-order chi connectivity index (χ0) is 21.2. The molecule has 0 amide bonds. The van der Waals surface area contributed by atoms with Crippen molar-refractivity contribution in [2.45, 2.75) is 63.9 Å². The van der Waals surface area contributed by atoms with Gasteiger partial charge in [0.05, 0.1) is 39.7 Å². The van der Waals surface area contributed by atoms with Crippen molar-refractivity contribution >= 4 is 37.7 Å². The Morgan fingerprint density at radius 3 is 2.90 bits per heavy atom. The first-order valence-corrected chi connectivity index (χ1v) is 11.8. The van der Waals surface area contributed by atoms with E-state index in [0.29, 0.717) is 12.1 Å². The predicted molar refractivity (Wildman–Crippen MR) is 124 cm³/mol. The van der Waals surface area contributed by atoms with Crippen LogP contribution in [0, 0.1) is 0 Å². The molecule has 1 aliphatic heterocycles. The van der Waals surface area contributed by atoms with Crippen molar-refractivity contribution < 1.29 is 9.84 Å². The highest BCUT2D eigenvalue weighted by molar-refractivity contribution is 7.22. The average molecular weight is 435 g/mol. The normalized spacial score (nSPS) is 23.0. The number of fused-ring (bicyclic) bond motifs is 3. The van der Waals surface area contributed by atoms with Crippen LogP contribution < -0.4 is 4.90 Å². The number of hydrogen-bond donors (Lipinski definition) is 1. The first kappa shape index (κ1) is 19.1. The Labute approximate surface area is 185 Å². The van der Waals surface area contributed by atoms with Gasteiger partial charge < -0.3 is 19.3 Å². The third kappa shape index (κ3) is 3.18. The summed E-state index contributed by atoms with van der Waals surface area (Å²) in [5.74, 6) is 0.241. The molecule has 0 spiro atoms. The van der Waals surface area contributed by atoms with E-state index in [1.165, 1.54) is 29.5 Å². The number of phenols is 1. The zero-order valence-corrected chi connectivity index (χ0v) is 18.6. The van der Waals surface area contributed by atoms with Gasteiger partial charge in [0, 0.05) is 12.6 Å². The lowest BCUT2D eigenvalue weighted by atomic mass is 9.92. The van der Waals surface area contributed by atoms with Gasteiger partial charge in [0.1, 0.15) is 11.5 Å². The molecule has 0 unspecified atom stereocenters. The minimum Gasteiger partial charge on any atom is -0.508 e. The number of aromatic nitrogens is 3. The maximum Gasteiger partial charge on any atom is 0.189 e. The van der Waals surface area contributed by atoms with E-state index in [4.69, 9.17) is 9.72 Å². The summed E-state index contributed by atoms with van der Waals surface area (Å²) in [6.45, 7) is 5.07. The third-order valence-electron chi connectivity index (χ3n) is 6.62. The zero-order valence-electron chi connectivity index (χ0n) is 17.8. The van der Waals surface area contributed by atoms with E-state index >= 15 is 0 Å². The molecule has 6 nitrogen and oxygen atoms in total. The second-order valence-electron chi connectivity index (χ2n) is 9.17. The summed E-state index contributed by atoms with van der Waals surface area (Å²) in [5.41, 5.74) is 3.75. The quantitative estimate of drug-likeness (QED) is 0.475. The van der Waals surface area contributed by atoms with Crippen molar-refractivity contribution in [1.82, 2.24) is 14.5 Å². The highest BCUT2D eigenvalue weighted by Gasteiger charge is 2.49. The summed E-state index contributed by atoms with van der Waals surface area (Å²) in [7, 11) is 0. The summed E-state index contributed by atoms with van der Waals surface area (Å²) in [5, 5.41) is 10.7. The Hall–Kier alpha value is -2.64. The minimum absolute atomic E-state index is 0.241. The molecule has 7 heteroatoms. The summed E-state index contributed by atoms with van der Waals surface area (Å²) >= 11 is 1.76. The molecule has 0 bridgehead atoms. The van der Waals surface area contributed by atoms with Gasteiger partial charge in [-0.05, 0) is 56.5 Å². The van der Waals surface area contributed by atoms with Crippen LogP contribution in [-0.2, 0) is 11.3 Å². The van der Waals surface area contributed by atoms with Gasteiger partial charge in [0.25, 0.3) is 0 Å². The van der Waals surface area contributed by atoms with Crippen molar-refractivity contribution in [2.75, 3.05) is 4.90 Å². The molecule has 3 heterocycles. The van der Waals surface area contributed by atoms with E-state index < -0.39 is 0 Å². The lowest BCUT2D eigenvalue weighted by Crippen LogP contribution is -2.45. The number of benzene rings is 2. The van der Waals surface area contributed by atoms with Crippen LogP contribution in [0.15, 0.2) is 42.7 Å². The van der Waals surface area contributed by atoms with Crippen molar-refractivity contribution in [3.63, 3.8) is 0 Å². The Balaban J connectivity index is 1.33. The number of thiazole rings is 1. The minimum atomic E-state index is -0.322. The molecule has 160 valence electrons. The smallest absolute Gasteiger partial charge is 0.189 e. The topological polar surface area (TPSA) is 63.4 Å². The van der Waals surface area contributed by atoms with Crippen molar-refractivity contribution in [3.8, 4) is 5.75 Å². The van der Waals surface area contributed by atoms with Gasteiger partial charge in [0.15, 0.2) is 5.13 Å². The average Bonchev–Trinajstić information content (AvgIpc) is 3.39. The largest absolute Gasteiger partial charge is 0.508 e. The number of nitrogens with zero attached hydrogens (tertiary/aromatic N) is 4. The van der Waals surface area contributed by atoms with E-state index in [9.17, 15) is 5.11 Å². The molecule has 2 atom stereocenters. The lowest BCUT2D eigenvalue weighted by molar-refractivity contribution is -0.0243. The van der Waals surface area contributed by atoms with Crippen molar-refractivity contribution in [2.24, 2.45) is 0 Å². The molecular formula is C24H26N4O2S. The van der Waals surface area contributed by atoms with Gasteiger partial charge in [-0.2, -0.15) is 0 Å². The highest BCUT2D eigenvalue weighted by Crippen LogP contribution is 2.44. The number of imidazole rings is 1. The molecule has 31 heavy (non-hydrogen) atoms. The van der Waals surface area contributed by atoms with Gasteiger partial charge >= 0.3 is 0 Å². The van der Waals surface area contributed by atoms with E-state index in [1.54, 1.807) is 23.5 Å². The molecule has 1 saturated heterocycles. The summed E-state index contributed by atoms with van der Waals surface area (Å²) in [6, 6.07) is 12.3. The fourth-order valence-electron chi connectivity index (χ4n) is 5.24. The fraction of sp³-hybridized carbons (Fsp3) is 0.417. The number of phenolic OH excluding ortho intramolecular Hbond substituents is 1. The Morgan fingerprint density at radius 2 is 2.00 bits per heavy atom. The molecule has 1 N–H and O–H groups in total. The molecule has 0 radical (unpaired) electrons. The first-order chi connectivity index (χ1) is 15.0. The SMILES string of the molecule is CC1(C)O[C@@H]2CCCC[C@H]2N1c1nc2ccc(Cn3cnc4cc(O)ccc43)cc2s1. The molecule has 2 aliphatic rings. The van der Waals surface area contributed by atoms with Crippen LogP contribution in [0.4, 0.5) is 5.13 Å². The van der Waals surface area contributed by atoms with Gasteiger partial charge in [-0.25, -0.2) is 9.97 Å². The number of aromatic hydroxyl groups is 1. The van der Waals surface area contributed by atoms with Gasteiger partial charge in [0.2, 0.25) is 0 Å². The molecule has 2 aromatic heterocycles. The van der Waals surface area contributed by atoms with Crippen LogP contribution in [-0.4, -0.2) is 37.5 Å². The monoisotopic (exact) mass is 434 g/mol. The van der Waals surface area contributed by atoms with Gasteiger partial charge in [-0.1, -0.05) is 30.2 Å². The maximum absolute atomic E-state index is 9.68. The Morgan fingerprint density at radius 1 is 1.13 bits per heavy atom. The standard InChI is InChI=1S/C24H26N4O2S/c1-24(2)28(20-5-3-4-6-21(20)30-24)23-26-17-9-7-15(11-22(17)31-23)13-27-14-25-18-12-16(29)8-10-19(18)27/h7-12,14,20-21,29H,3-6,13H2,1-2H3/t20-,21-/m1/s1. The fourth-order valence-corrected chi connectivity index (χ4v) is 6.46. The summed E-state index contributed by atoms with van der Waals surface area (Å²) in [6.07, 6.45) is 7.01. The molecule has 2 aromatic carbocycles. The van der Waals surface area contributed by atoms with E-state index in [1.807, 2.05) is 12.4 Å². The van der Waals surface area contributed by atoms with Crippen LogP contribution in [0.25, 0.3) is 21.3 Å². The molecule has 2 fully saturated rings. The second-order valence-corrected chi connectivity index (χ2v) is 10.2. The predicted octanol–water partition coefficient (Wildman–Crippen LogP) is 5.28. The maximum atomic E-state index is 9.68. The molecular weight excluding hydrogens is 408 g/mol. The molecule has 1 aliphatic carbocycles. The van der Waals surface area contributed by atoms with E-state index in [-0.39, 0.29) is 11.5 Å². The van der Waals surface area contributed by atoms with Crippen molar-refractivity contribution in [1.29, 1.82) is 0 Å². The number of rotatable bonds is 3. The van der Waals surface area contributed by atoms with Crippen LogP contribution in [0.3, 0.4) is 0 Å². The Kier molecular flexibility index (Phi) is 4.27. The van der Waals surface area contributed by atoms with Crippen molar-refractivity contribution in [3.05, 3.63) is 48.3 Å². The van der Waals surface area contributed by atoms with Crippen LogP contribution in [0.5, 0.6) is 5.75 Å². The van der Waals surface area contributed by atoms with Crippen LogP contribution in [0.1, 0.15) is 45.1 Å². The summed E-state index contributed by atoms with van der Waals surface area (Å²) < 4.78 is 9.74. The molecule has 1 saturated carbocycles. The number of ether oxygens (including phenoxy) is 1. The van der Waals surface area contributed by atoms with Crippen LogP contribution in [0.2, 0.25) is 0 Å². The van der Waals surface area contributed by atoms with E-state index in [0.717, 1.165) is 34.6 Å². The first-order valence-electron chi connectivity index (χ1n) is 11.0. The second kappa shape index (κ2) is 6.93. The molecule has 4 aromatic rings. The van der Waals surface area contributed by atoms with E-state index in [2.05, 4.69) is 46.5 Å².